The van der Waals surface area contributed by atoms with Gasteiger partial charge in [0.2, 0.25) is 0 Å². The summed E-state index contributed by atoms with van der Waals surface area (Å²) in [5.41, 5.74) is -3.47. The normalized spacial score (nSPS) is 12.1. The van der Waals surface area contributed by atoms with Gasteiger partial charge >= 0.3 is 12.4 Å². The molecule has 2 aromatic rings. The van der Waals surface area contributed by atoms with E-state index < -0.39 is 40.8 Å². The van der Waals surface area contributed by atoms with Gasteiger partial charge in [0.1, 0.15) is 12.4 Å². The Morgan fingerprint density at radius 1 is 0.962 bits per heavy atom. The van der Waals surface area contributed by atoms with Crippen molar-refractivity contribution in [1.82, 2.24) is 0 Å². The fourth-order valence-corrected chi connectivity index (χ4v) is 2.35. The number of alkyl halides is 6. The summed E-state index contributed by atoms with van der Waals surface area (Å²) in [5.74, 6) is -0.704. The molecule has 0 atom stereocenters. The predicted octanol–water partition coefficient (Wildman–Crippen LogP) is 5.97. The van der Waals surface area contributed by atoms with Crippen LogP contribution in [0.5, 0.6) is 5.75 Å². The van der Waals surface area contributed by atoms with Gasteiger partial charge in [0, 0.05) is 10.5 Å². The summed E-state index contributed by atoms with van der Waals surface area (Å²) in [7, 11) is 0. The first-order valence-corrected chi connectivity index (χ1v) is 7.52. The van der Waals surface area contributed by atoms with E-state index >= 15 is 0 Å². The Kier molecular flexibility index (Phi) is 5.49. The zero-order chi connectivity index (χ0) is 19.7. The number of benzene rings is 2. The van der Waals surface area contributed by atoms with Crippen LogP contribution in [0.15, 0.2) is 40.9 Å². The number of nitro benzene ring substituents is 1. The Labute approximate surface area is 150 Å². The molecule has 0 aromatic heterocycles. The minimum Gasteiger partial charge on any atom is -0.489 e. The van der Waals surface area contributed by atoms with Gasteiger partial charge in [-0.15, -0.1) is 0 Å². The number of hydrogen-bond donors (Lipinski definition) is 0. The highest BCUT2D eigenvalue weighted by Gasteiger charge is 2.37. The first-order valence-electron chi connectivity index (χ1n) is 6.73. The monoisotopic (exact) mass is 443 g/mol. The minimum absolute atomic E-state index is 0.0100. The van der Waals surface area contributed by atoms with E-state index in [9.17, 15) is 36.5 Å². The SMILES string of the molecule is O=[N+]([O-])c1cc(Br)ccc1COc1cc(C(F)(F)F)cc(C(F)(F)F)c1. The Hall–Kier alpha value is -2.30. The van der Waals surface area contributed by atoms with Crippen LogP contribution >= 0.6 is 15.9 Å². The van der Waals surface area contributed by atoms with Gasteiger partial charge in [-0.1, -0.05) is 15.9 Å². The summed E-state index contributed by atoms with van der Waals surface area (Å²) in [4.78, 5) is 10.2. The molecule has 0 aliphatic heterocycles. The van der Waals surface area contributed by atoms with Gasteiger partial charge in [0.15, 0.2) is 0 Å². The second-order valence-electron chi connectivity index (χ2n) is 5.06. The third-order valence-electron chi connectivity index (χ3n) is 3.20. The second-order valence-corrected chi connectivity index (χ2v) is 5.98. The molecule has 0 fully saturated rings. The molecule has 0 heterocycles. The topological polar surface area (TPSA) is 52.4 Å². The van der Waals surface area contributed by atoms with Gasteiger partial charge in [-0.3, -0.25) is 10.1 Å². The number of ether oxygens (including phenoxy) is 1. The van der Waals surface area contributed by atoms with Crippen LogP contribution in [0, 0.1) is 10.1 Å². The van der Waals surface area contributed by atoms with Crippen molar-refractivity contribution in [3.05, 3.63) is 67.7 Å². The van der Waals surface area contributed by atoms with E-state index in [2.05, 4.69) is 15.9 Å². The molecule has 0 unspecified atom stereocenters. The lowest BCUT2D eigenvalue weighted by Crippen LogP contribution is -2.11. The van der Waals surface area contributed by atoms with Crippen molar-refractivity contribution < 1.29 is 36.0 Å². The van der Waals surface area contributed by atoms with Crippen LogP contribution in [0.25, 0.3) is 0 Å². The largest absolute Gasteiger partial charge is 0.489 e. The lowest BCUT2D eigenvalue weighted by atomic mass is 10.1. The molecule has 4 nitrogen and oxygen atoms in total. The molecule has 0 aliphatic carbocycles. The molecular formula is C15H8BrF6NO3. The second kappa shape index (κ2) is 7.14. The lowest BCUT2D eigenvalue weighted by molar-refractivity contribution is -0.385. The van der Waals surface area contributed by atoms with Crippen LogP contribution < -0.4 is 4.74 Å². The first kappa shape index (κ1) is 20.0. The number of rotatable bonds is 4. The summed E-state index contributed by atoms with van der Waals surface area (Å²) in [6, 6.07) is 4.63. The van der Waals surface area contributed by atoms with E-state index in [1.165, 1.54) is 12.1 Å². The highest BCUT2D eigenvalue weighted by Crippen LogP contribution is 2.38. The summed E-state index contributed by atoms with van der Waals surface area (Å²) in [5, 5.41) is 11.0. The molecule has 0 bridgehead atoms. The average molecular weight is 444 g/mol. The zero-order valence-electron chi connectivity index (χ0n) is 12.5. The summed E-state index contributed by atoms with van der Waals surface area (Å²) >= 11 is 3.03. The zero-order valence-corrected chi connectivity index (χ0v) is 14.1. The van der Waals surface area contributed by atoms with Gasteiger partial charge in [-0.2, -0.15) is 26.3 Å². The third kappa shape index (κ3) is 4.87. The molecular weight excluding hydrogens is 436 g/mol. The quantitative estimate of drug-likeness (QED) is 0.332. The first-order chi connectivity index (χ1) is 11.9. The molecule has 2 rings (SSSR count). The molecule has 0 amide bonds. The van der Waals surface area contributed by atoms with E-state index in [1.54, 1.807) is 0 Å². The molecule has 0 spiro atoms. The number of nitro groups is 1. The van der Waals surface area contributed by atoms with Crippen molar-refractivity contribution in [2.24, 2.45) is 0 Å². The molecule has 0 saturated carbocycles. The highest BCUT2D eigenvalue weighted by molar-refractivity contribution is 9.10. The van der Waals surface area contributed by atoms with Crippen molar-refractivity contribution >= 4 is 21.6 Å². The number of hydrogen-bond acceptors (Lipinski definition) is 3. The van der Waals surface area contributed by atoms with Crippen molar-refractivity contribution in [1.29, 1.82) is 0 Å². The lowest BCUT2D eigenvalue weighted by Gasteiger charge is -2.15. The predicted molar refractivity (Wildman–Crippen MR) is 81.6 cm³/mol. The molecule has 26 heavy (non-hydrogen) atoms. The van der Waals surface area contributed by atoms with Gasteiger partial charge < -0.3 is 4.74 Å². The van der Waals surface area contributed by atoms with Crippen molar-refractivity contribution in [3.8, 4) is 5.75 Å². The van der Waals surface area contributed by atoms with Crippen LogP contribution in [0.4, 0.5) is 32.0 Å². The van der Waals surface area contributed by atoms with E-state index in [0.717, 1.165) is 6.07 Å². The van der Waals surface area contributed by atoms with Crippen LogP contribution in [0.1, 0.15) is 16.7 Å². The molecule has 0 N–H and O–H groups in total. The molecule has 0 aliphatic rings. The van der Waals surface area contributed by atoms with E-state index in [1.807, 2.05) is 0 Å². The highest BCUT2D eigenvalue weighted by atomic mass is 79.9. The smallest absolute Gasteiger partial charge is 0.416 e. The van der Waals surface area contributed by atoms with Crippen molar-refractivity contribution in [3.63, 3.8) is 0 Å². The summed E-state index contributed by atoms with van der Waals surface area (Å²) < 4.78 is 82.1. The van der Waals surface area contributed by atoms with E-state index in [-0.39, 0.29) is 17.3 Å². The van der Waals surface area contributed by atoms with Crippen LogP contribution in [0.3, 0.4) is 0 Å². The Bertz CT molecular complexity index is 803. The number of nitrogens with zero attached hydrogens (tertiary/aromatic N) is 1. The standard InChI is InChI=1S/C15H8BrF6NO3/c16-11-2-1-8(13(6-11)23(24)25)7-26-12-4-9(14(17,18)19)3-10(5-12)15(20,21)22/h1-6H,7H2. The van der Waals surface area contributed by atoms with Gasteiger partial charge in [0.25, 0.3) is 5.69 Å². The van der Waals surface area contributed by atoms with Crippen LogP contribution in [-0.2, 0) is 19.0 Å². The van der Waals surface area contributed by atoms with E-state index in [0.29, 0.717) is 16.6 Å². The molecule has 140 valence electrons. The summed E-state index contributed by atoms with van der Waals surface area (Å²) in [6.45, 7) is -0.581. The molecule has 0 saturated heterocycles. The maximum absolute atomic E-state index is 12.8. The fourth-order valence-electron chi connectivity index (χ4n) is 2.00. The maximum atomic E-state index is 12.8. The Morgan fingerprint density at radius 2 is 1.50 bits per heavy atom. The third-order valence-corrected chi connectivity index (χ3v) is 3.69. The fraction of sp³-hybridized carbons (Fsp3) is 0.200. The molecule has 2 aromatic carbocycles. The summed E-state index contributed by atoms with van der Waals surface area (Å²) in [6.07, 6.45) is -10.0. The average Bonchev–Trinajstić information content (AvgIpc) is 2.51. The molecule has 11 heteroatoms. The van der Waals surface area contributed by atoms with E-state index in [4.69, 9.17) is 4.74 Å². The van der Waals surface area contributed by atoms with Gasteiger partial charge in [-0.05, 0) is 30.3 Å². The Morgan fingerprint density at radius 3 is 1.96 bits per heavy atom. The van der Waals surface area contributed by atoms with Gasteiger partial charge in [0.05, 0.1) is 21.6 Å². The van der Waals surface area contributed by atoms with Crippen LogP contribution in [0.2, 0.25) is 0 Å². The molecule has 0 radical (unpaired) electrons. The number of halogens is 7. The van der Waals surface area contributed by atoms with Crippen molar-refractivity contribution in [2.45, 2.75) is 19.0 Å². The van der Waals surface area contributed by atoms with Crippen LogP contribution in [-0.4, -0.2) is 4.92 Å². The van der Waals surface area contributed by atoms with Crippen molar-refractivity contribution in [2.75, 3.05) is 0 Å². The minimum atomic E-state index is -5.01. The van der Waals surface area contributed by atoms with Gasteiger partial charge in [-0.25, -0.2) is 0 Å². The maximum Gasteiger partial charge on any atom is 0.416 e. The Balaban J connectivity index is 2.37.